The Morgan fingerprint density at radius 2 is 2.11 bits per heavy atom. The summed E-state index contributed by atoms with van der Waals surface area (Å²) >= 11 is 0. The van der Waals surface area contributed by atoms with Gasteiger partial charge in [0.2, 0.25) is 11.7 Å². The standard InChI is InChI=1S/C13H23N3O3/c1-3-10(18-4-2)11-15-12(19-16-11)13(9-14)5-7-17-8-6-13/h10H,3-9,14H2,1-2H3. The van der Waals surface area contributed by atoms with Crippen molar-refractivity contribution >= 4 is 0 Å². The molecule has 0 aliphatic carbocycles. The molecule has 6 heteroatoms. The van der Waals surface area contributed by atoms with Crippen LogP contribution in [0.3, 0.4) is 0 Å². The molecule has 6 nitrogen and oxygen atoms in total. The lowest BCUT2D eigenvalue weighted by atomic mass is 9.80. The average molecular weight is 269 g/mol. The molecule has 1 fully saturated rings. The van der Waals surface area contributed by atoms with Gasteiger partial charge in [0.15, 0.2) is 0 Å². The zero-order valence-corrected chi connectivity index (χ0v) is 11.7. The molecule has 1 saturated heterocycles. The Morgan fingerprint density at radius 3 is 2.68 bits per heavy atom. The van der Waals surface area contributed by atoms with Crippen molar-refractivity contribution in [3.8, 4) is 0 Å². The monoisotopic (exact) mass is 269 g/mol. The number of rotatable bonds is 6. The summed E-state index contributed by atoms with van der Waals surface area (Å²) in [5, 5.41) is 4.07. The van der Waals surface area contributed by atoms with Gasteiger partial charge < -0.3 is 19.7 Å². The minimum absolute atomic E-state index is 0.0998. The number of hydrogen-bond acceptors (Lipinski definition) is 6. The Hall–Kier alpha value is -0.980. The van der Waals surface area contributed by atoms with Crippen LogP contribution in [0.2, 0.25) is 0 Å². The first kappa shape index (κ1) is 14.4. The van der Waals surface area contributed by atoms with Crippen LogP contribution in [0.25, 0.3) is 0 Å². The van der Waals surface area contributed by atoms with Crippen molar-refractivity contribution in [1.29, 1.82) is 0 Å². The predicted molar refractivity (Wildman–Crippen MR) is 69.7 cm³/mol. The number of aromatic nitrogens is 2. The summed E-state index contributed by atoms with van der Waals surface area (Å²) in [6.07, 6.45) is 2.38. The molecule has 108 valence electrons. The summed E-state index contributed by atoms with van der Waals surface area (Å²) in [6.45, 7) is 6.53. The summed E-state index contributed by atoms with van der Waals surface area (Å²) < 4.78 is 16.4. The minimum Gasteiger partial charge on any atom is -0.381 e. The second-order valence-corrected chi connectivity index (χ2v) is 4.91. The van der Waals surface area contributed by atoms with E-state index in [1.165, 1.54) is 0 Å². The molecule has 0 aromatic carbocycles. The smallest absolute Gasteiger partial charge is 0.234 e. The number of hydrogen-bond donors (Lipinski definition) is 1. The van der Waals surface area contributed by atoms with Gasteiger partial charge >= 0.3 is 0 Å². The van der Waals surface area contributed by atoms with Gasteiger partial charge in [0.1, 0.15) is 6.10 Å². The van der Waals surface area contributed by atoms with Crippen LogP contribution in [0.4, 0.5) is 0 Å². The van der Waals surface area contributed by atoms with Gasteiger partial charge in [0.25, 0.3) is 0 Å². The molecule has 2 rings (SSSR count). The predicted octanol–water partition coefficient (Wildman–Crippen LogP) is 1.56. The highest BCUT2D eigenvalue weighted by molar-refractivity contribution is 5.08. The zero-order valence-electron chi connectivity index (χ0n) is 11.7. The normalized spacial score (nSPS) is 20.4. The van der Waals surface area contributed by atoms with Crippen molar-refractivity contribution in [2.75, 3.05) is 26.4 Å². The second kappa shape index (κ2) is 6.45. The third-order valence-corrected chi connectivity index (χ3v) is 3.76. The largest absolute Gasteiger partial charge is 0.381 e. The first-order valence-corrected chi connectivity index (χ1v) is 6.99. The number of nitrogens with two attached hydrogens (primary N) is 1. The molecular formula is C13H23N3O3. The van der Waals surface area contributed by atoms with Gasteiger partial charge in [-0.2, -0.15) is 4.98 Å². The van der Waals surface area contributed by atoms with E-state index in [-0.39, 0.29) is 11.5 Å². The van der Waals surface area contributed by atoms with Crippen LogP contribution in [-0.4, -0.2) is 36.5 Å². The van der Waals surface area contributed by atoms with Crippen molar-refractivity contribution in [3.05, 3.63) is 11.7 Å². The first-order chi connectivity index (χ1) is 9.25. The number of nitrogens with zero attached hydrogens (tertiary/aromatic N) is 2. The third-order valence-electron chi connectivity index (χ3n) is 3.76. The van der Waals surface area contributed by atoms with Crippen molar-refractivity contribution < 1.29 is 14.0 Å². The van der Waals surface area contributed by atoms with Gasteiger partial charge in [-0.05, 0) is 26.2 Å². The number of ether oxygens (including phenoxy) is 2. The van der Waals surface area contributed by atoms with Crippen LogP contribution in [0.15, 0.2) is 4.52 Å². The SMILES string of the molecule is CCOC(CC)c1noc(C2(CN)CCOCC2)n1. The molecule has 1 aromatic heterocycles. The van der Waals surface area contributed by atoms with E-state index in [0.717, 1.165) is 19.3 Å². The Bertz CT molecular complexity index is 388. The molecule has 0 spiro atoms. The third kappa shape index (κ3) is 2.96. The van der Waals surface area contributed by atoms with Crippen molar-refractivity contribution in [3.63, 3.8) is 0 Å². The highest BCUT2D eigenvalue weighted by Crippen LogP contribution is 2.33. The molecule has 0 amide bonds. The molecule has 2 heterocycles. The van der Waals surface area contributed by atoms with Gasteiger partial charge in [-0.25, -0.2) is 0 Å². The average Bonchev–Trinajstić information content (AvgIpc) is 2.95. The molecule has 1 unspecified atom stereocenters. The van der Waals surface area contributed by atoms with Gasteiger partial charge in [-0.3, -0.25) is 0 Å². The Balaban J connectivity index is 2.18. The molecule has 0 bridgehead atoms. The fourth-order valence-corrected chi connectivity index (χ4v) is 2.42. The van der Waals surface area contributed by atoms with Crippen molar-refractivity contribution in [2.24, 2.45) is 5.73 Å². The van der Waals surface area contributed by atoms with E-state index in [4.69, 9.17) is 19.7 Å². The minimum atomic E-state index is -0.228. The molecule has 1 aromatic rings. The van der Waals surface area contributed by atoms with E-state index in [0.29, 0.717) is 38.1 Å². The fraction of sp³-hybridized carbons (Fsp3) is 0.846. The molecule has 1 atom stereocenters. The lowest BCUT2D eigenvalue weighted by Crippen LogP contribution is -2.41. The summed E-state index contributed by atoms with van der Waals surface area (Å²) in [4.78, 5) is 4.53. The van der Waals surface area contributed by atoms with Crippen LogP contribution in [0.1, 0.15) is 50.9 Å². The summed E-state index contributed by atoms with van der Waals surface area (Å²) in [5.41, 5.74) is 5.70. The lowest BCUT2D eigenvalue weighted by Gasteiger charge is -2.32. The highest BCUT2D eigenvalue weighted by Gasteiger charge is 2.39. The van der Waals surface area contributed by atoms with E-state index in [9.17, 15) is 0 Å². The van der Waals surface area contributed by atoms with Gasteiger partial charge in [-0.1, -0.05) is 12.1 Å². The van der Waals surface area contributed by atoms with Crippen molar-refractivity contribution in [1.82, 2.24) is 10.1 Å². The second-order valence-electron chi connectivity index (χ2n) is 4.91. The quantitative estimate of drug-likeness (QED) is 0.843. The van der Waals surface area contributed by atoms with Gasteiger partial charge in [0.05, 0.1) is 5.41 Å². The summed E-state index contributed by atoms with van der Waals surface area (Å²) in [6, 6.07) is 0. The van der Waals surface area contributed by atoms with E-state index in [2.05, 4.69) is 10.1 Å². The van der Waals surface area contributed by atoms with Crippen LogP contribution in [-0.2, 0) is 14.9 Å². The maximum atomic E-state index is 5.93. The molecule has 0 radical (unpaired) electrons. The summed E-state index contributed by atoms with van der Waals surface area (Å²) in [7, 11) is 0. The van der Waals surface area contributed by atoms with Crippen LogP contribution in [0, 0.1) is 0 Å². The molecule has 1 aliphatic heterocycles. The Morgan fingerprint density at radius 1 is 1.37 bits per heavy atom. The lowest BCUT2D eigenvalue weighted by molar-refractivity contribution is 0.0408. The molecule has 1 aliphatic rings. The Kier molecular flexibility index (Phi) is 4.90. The first-order valence-electron chi connectivity index (χ1n) is 6.99. The molecular weight excluding hydrogens is 246 g/mol. The van der Waals surface area contributed by atoms with E-state index < -0.39 is 0 Å². The maximum absolute atomic E-state index is 5.93. The topological polar surface area (TPSA) is 83.4 Å². The molecule has 2 N–H and O–H groups in total. The maximum Gasteiger partial charge on any atom is 0.234 e. The molecule has 0 saturated carbocycles. The van der Waals surface area contributed by atoms with E-state index in [1.807, 2.05) is 13.8 Å². The Labute approximate surface area is 113 Å². The van der Waals surface area contributed by atoms with Gasteiger partial charge in [0, 0.05) is 26.4 Å². The van der Waals surface area contributed by atoms with Crippen molar-refractivity contribution in [2.45, 2.75) is 44.6 Å². The summed E-state index contributed by atoms with van der Waals surface area (Å²) in [5.74, 6) is 1.25. The van der Waals surface area contributed by atoms with Gasteiger partial charge in [-0.15, -0.1) is 0 Å². The van der Waals surface area contributed by atoms with Crippen LogP contribution >= 0.6 is 0 Å². The van der Waals surface area contributed by atoms with E-state index in [1.54, 1.807) is 0 Å². The zero-order chi connectivity index (χ0) is 13.7. The highest BCUT2D eigenvalue weighted by atomic mass is 16.5. The molecule has 19 heavy (non-hydrogen) atoms. The van der Waals surface area contributed by atoms with Crippen LogP contribution < -0.4 is 5.73 Å². The van der Waals surface area contributed by atoms with Crippen LogP contribution in [0.5, 0.6) is 0 Å². The fourth-order valence-electron chi connectivity index (χ4n) is 2.42. The van der Waals surface area contributed by atoms with E-state index >= 15 is 0 Å².